The molecule has 2 heterocycles. The van der Waals surface area contributed by atoms with Gasteiger partial charge < -0.3 is 5.11 Å². The summed E-state index contributed by atoms with van der Waals surface area (Å²) in [5.41, 5.74) is 4.62. The lowest BCUT2D eigenvalue weighted by Crippen LogP contribution is -2.20. The highest BCUT2D eigenvalue weighted by atomic mass is 16.3. The van der Waals surface area contributed by atoms with Crippen LogP contribution in [0.15, 0.2) is 59.4 Å². The number of nitrogens with zero attached hydrogens (tertiary/aromatic N) is 2. The fraction of sp³-hybridized carbons (Fsp3) is 0.263. The molecule has 1 aliphatic carbocycles. The topological polar surface area (TPSA) is 45.5 Å². The number of pyridine rings is 1. The minimum Gasteiger partial charge on any atom is -0.508 e. The summed E-state index contributed by atoms with van der Waals surface area (Å²) in [7, 11) is 0. The van der Waals surface area contributed by atoms with Crippen molar-refractivity contribution in [1.29, 1.82) is 0 Å². The molecule has 0 amide bonds. The number of aliphatic imine (C=N–C) groups is 1. The van der Waals surface area contributed by atoms with Crippen LogP contribution in [0.3, 0.4) is 0 Å². The number of phenols is 1. The third-order valence-corrected chi connectivity index (χ3v) is 4.58. The SMILES string of the molecule is Oc1ccc(/C=C2/C(c3cccnc3)=NC3CCC2C3)cc1. The van der Waals surface area contributed by atoms with Crippen LogP contribution in [0.5, 0.6) is 5.75 Å². The summed E-state index contributed by atoms with van der Waals surface area (Å²) in [4.78, 5) is 9.21. The van der Waals surface area contributed by atoms with Crippen molar-refractivity contribution < 1.29 is 5.11 Å². The van der Waals surface area contributed by atoms with Crippen LogP contribution in [0.2, 0.25) is 0 Å². The summed E-state index contributed by atoms with van der Waals surface area (Å²) in [6, 6.07) is 11.9. The molecule has 1 fully saturated rings. The second-order valence-corrected chi connectivity index (χ2v) is 6.07. The second kappa shape index (κ2) is 5.41. The van der Waals surface area contributed by atoms with Gasteiger partial charge >= 0.3 is 0 Å². The lowest BCUT2D eigenvalue weighted by Gasteiger charge is -2.23. The van der Waals surface area contributed by atoms with Crippen LogP contribution >= 0.6 is 0 Å². The van der Waals surface area contributed by atoms with Gasteiger partial charge in [-0.3, -0.25) is 9.98 Å². The molecule has 0 spiro atoms. The lowest BCUT2D eigenvalue weighted by molar-refractivity contribution is 0.475. The molecule has 2 aromatic rings. The smallest absolute Gasteiger partial charge is 0.115 e. The Hall–Kier alpha value is -2.42. The molecule has 1 aromatic heterocycles. The van der Waals surface area contributed by atoms with Crippen molar-refractivity contribution in [2.45, 2.75) is 25.3 Å². The number of aromatic nitrogens is 1. The number of allylic oxidation sites excluding steroid dienone is 1. The molecule has 2 bridgehead atoms. The van der Waals surface area contributed by atoms with Crippen molar-refractivity contribution in [3.63, 3.8) is 0 Å². The van der Waals surface area contributed by atoms with Gasteiger partial charge in [0.05, 0.1) is 11.8 Å². The van der Waals surface area contributed by atoms with Gasteiger partial charge in [0.2, 0.25) is 0 Å². The molecule has 1 aromatic carbocycles. The van der Waals surface area contributed by atoms with Crippen molar-refractivity contribution in [1.82, 2.24) is 4.98 Å². The van der Waals surface area contributed by atoms with Crippen LogP contribution in [0.1, 0.15) is 30.4 Å². The zero-order valence-corrected chi connectivity index (χ0v) is 12.3. The molecule has 2 aliphatic rings. The van der Waals surface area contributed by atoms with Crippen molar-refractivity contribution >= 4 is 11.8 Å². The highest BCUT2D eigenvalue weighted by Gasteiger charge is 2.34. The van der Waals surface area contributed by atoms with E-state index in [4.69, 9.17) is 4.99 Å². The molecular weight excluding hydrogens is 272 g/mol. The first-order valence-corrected chi connectivity index (χ1v) is 7.79. The van der Waals surface area contributed by atoms with Crippen LogP contribution in [-0.4, -0.2) is 21.8 Å². The van der Waals surface area contributed by atoms with E-state index in [1.54, 1.807) is 18.3 Å². The number of phenolic OH excluding ortho intramolecular Hbond substituents is 1. The molecule has 110 valence electrons. The summed E-state index contributed by atoms with van der Waals surface area (Å²) in [6.45, 7) is 0. The Morgan fingerprint density at radius 1 is 1.09 bits per heavy atom. The van der Waals surface area contributed by atoms with E-state index in [2.05, 4.69) is 17.1 Å². The van der Waals surface area contributed by atoms with Gasteiger partial charge in [0.1, 0.15) is 5.75 Å². The Morgan fingerprint density at radius 3 is 2.73 bits per heavy atom. The monoisotopic (exact) mass is 290 g/mol. The highest BCUT2D eigenvalue weighted by molar-refractivity contribution is 6.15. The van der Waals surface area contributed by atoms with E-state index >= 15 is 0 Å². The molecule has 3 heteroatoms. The first-order valence-electron chi connectivity index (χ1n) is 7.79. The highest BCUT2D eigenvalue weighted by Crippen LogP contribution is 2.40. The van der Waals surface area contributed by atoms with Crippen LogP contribution in [0, 0.1) is 5.92 Å². The Labute approximate surface area is 130 Å². The van der Waals surface area contributed by atoms with Crippen molar-refractivity contribution in [3.8, 4) is 5.75 Å². The Balaban J connectivity index is 1.79. The Morgan fingerprint density at radius 2 is 1.95 bits per heavy atom. The second-order valence-electron chi connectivity index (χ2n) is 6.07. The van der Waals surface area contributed by atoms with E-state index in [1.807, 2.05) is 24.4 Å². The Kier molecular flexibility index (Phi) is 3.26. The summed E-state index contributed by atoms with van der Waals surface area (Å²) in [5.74, 6) is 0.888. The zero-order chi connectivity index (χ0) is 14.9. The number of hydrogen-bond donors (Lipinski definition) is 1. The van der Waals surface area contributed by atoms with Crippen LogP contribution < -0.4 is 0 Å². The van der Waals surface area contributed by atoms with E-state index < -0.39 is 0 Å². The molecule has 4 rings (SSSR count). The molecule has 1 N–H and O–H groups in total. The Bertz CT molecular complexity index is 732. The molecule has 0 radical (unpaired) electrons. The molecule has 1 aliphatic heterocycles. The van der Waals surface area contributed by atoms with E-state index in [-0.39, 0.29) is 0 Å². The van der Waals surface area contributed by atoms with Crippen LogP contribution in [0.4, 0.5) is 0 Å². The lowest BCUT2D eigenvalue weighted by atomic mass is 9.87. The average Bonchev–Trinajstić information content (AvgIpc) is 2.95. The van der Waals surface area contributed by atoms with Gasteiger partial charge in [0.25, 0.3) is 0 Å². The largest absolute Gasteiger partial charge is 0.508 e. The summed E-state index contributed by atoms with van der Waals surface area (Å²) in [5, 5.41) is 9.44. The number of hydrogen-bond acceptors (Lipinski definition) is 3. The molecule has 2 atom stereocenters. The summed E-state index contributed by atoms with van der Waals surface area (Å²) >= 11 is 0. The molecule has 2 unspecified atom stereocenters. The summed E-state index contributed by atoms with van der Waals surface area (Å²) in [6.07, 6.45) is 9.47. The van der Waals surface area contributed by atoms with Crippen LogP contribution in [0.25, 0.3) is 6.08 Å². The third-order valence-electron chi connectivity index (χ3n) is 4.58. The molecule has 22 heavy (non-hydrogen) atoms. The quantitative estimate of drug-likeness (QED) is 0.913. The average molecular weight is 290 g/mol. The molecule has 3 nitrogen and oxygen atoms in total. The number of benzene rings is 1. The van der Waals surface area contributed by atoms with E-state index in [0.717, 1.165) is 23.3 Å². The normalized spacial score (nSPS) is 25.3. The maximum atomic E-state index is 9.44. The van der Waals surface area contributed by atoms with Gasteiger partial charge in [-0.25, -0.2) is 0 Å². The van der Waals surface area contributed by atoms with E-state index in [1.165, 1.54) is 18.4 Å². The minimum atomic E-state index is 0.299. The van der Waals surface area contributed by atoms with E-state index in [9.17, 15) is 5.11 Å². The minimum absolute atomic E-state index is 0.299. The molecule has 1 saturated carbocycles. The first-order chi connectivity index (χ1) is 10.8. The first kappa shape index (κ1) is 13.3. The maximum absolute atomic E-state index is 9.44. The van der Waals surface area contributed by atoms with Crippen molar-refractivity contribution in [2.75, 3.05) is 0 Å². The van der Waals surface area contributed by atoms with Crippen molar-refractivity contribution in [2.24, 2.45) is 10.9 Å². The predicted octanol–water partition coefficient (Wildman–Crippen LogP) is 3.84. The fourth-order valence-electron chi connectivity index (χ4n) is 3.49. The molecule has 0 saturated heterocycles. The maximum Gasteiger partial charge on any atom is 0.115 e. The molecular formula is C19H18N2O. The number of aromatic hydroxyl groups is 1. The van der Waals surface area contributed by atoms with E-state index in [0.29, 0.717) is 17.7 Å². The summed E-state index contributed by atoms with van der Waals surface area (Å²) < 4.78 is 0. The van der Waals surface area contributed by atoms with Gasteiger partial charge in [-0.2, -0.15) is 0 Å². The zero-order valence-electron chi connectivity index (χ0n) is 12.3. The van der Waals surface area contributed by atoms with Crippen LogP contribution in [-0.2, 0) is 0 Å². The standard InChI is InChI=1S/C19H18N2O/c22-17-7-3-13(4-8-17)10-18-14-5-6-16(11-14)21-19(18)15-2-1-9-20-12-15/h1-4,7-10,12,14,16,22H,5-6,11H2/b18-10+. The van der Waals surface area contributed by atoms with Gasteiger partial charge in [-0.05, 0) is 66.7 Å². The number of rotatable bonds is 2. The van der Waals surface area contributed by atoms with Gasteiger partial charge in [0, 0.05) is 18.0 Å². The van der Waals surface area contributed by atoms with Gasteiger partial charge in [-0.15, -0.1) is 0 Å². The predicted molar refractivity (Wildman–Crippen MR) is 88.0 cm³/mol. The van der Waals surface area contributed by atoms with Crippen molar-refractivity contribution in [3.05, 3.63) is 65.5 Å². The fourth-order valence-corrected chi connectivity index (χ4v) is 3.49. The third kappa shape index (κ3) is 2.43. The number of fused-ring (bicyclic) bond motifs is 2. The van der Waals surface area contributed by atoms with Gasteiger partial charge in [-0.1, -0.05) is 12.1 Å². The van der Waals surface area contributed by atoms with Gasteiger partial charge in [0.15, 0.2) is 0 Å².